The second kappa shape index (κ2) is 14.8. The largest absolute Gasteiger partial charge is 0.461 e. The summed E-state index contributed by atoms with van der Waals surface area (Å²) in [4.78, 5) is 13.9. The number of benzene rings is 6. The Kier molecular flexibility index (Phi) is 10.0. The average molecular weight is 691 g/mol. The van der Waals surface area contributed by atoms with Crippen molar-refractivity contribution in [3.05, 3.63) is 215 Å². The Bertz CT molecular complexity index is 1770. The van der Waals surface area contributed by atoms with Gasteiger partial charge in [0.15, 0.2) is 0 Å². The van der Waals surface area contributed by atoms with Crippen molar-refractivity contribution in [3.63, 3.8) is 0 Å². The van der Waals surface area contributed by atoms with E-state index in [1.165, 1.54) is 33.4 Å². The van der Waals surface area contributed by atoms with Gasteiger partial charge in [0.1, 0.15) is 6.10 Å². The summed E-state index contributed by atoms with van der Waals surface area (Å²) in [6.07, 6.45) is 0.398. The summed E-state index contributed by atoms with van der Waals surface area (Å²) < 4.78 is 4.97. The molecule has 0 radical (unpaired) electrons. The van der Waals surface area contributed by atoms with Gasteiger partial charge in [-0.25, -0.2) is 0 Å². The predicted molar refractivity (Wildman–Crippen MR) is 211 cm³/mol. The van der Waals surface area contributed by atoms with Gasteiger partial charge in [0.2, 0.25) is 0 Å². The van der Waals surface area contributed by atoms with Gasteiger partial charge in [0.25, 0.3) is 0 Å². The van der Waals surface area contributed by atoms with Gasteiger partial charge in [0.05, 0.1) is 15.4 Å². The maximum absolute atomic E-state index is 13.9. The summed E-state index contributed by atoms with van der Waals surface area (Å²) in [7, 11) is 0. The van der Waals surface area contributed by atoms with Crippen molar-refractivity contribution < 1.29 is 9.53 Å². The van der Waals surface area contributed by atoms with Crippen LogP contribution in [0.3, 0.4) is 0 Å². The summed E-state index contributed by atoms with van der Waals surface area (Å²) in [5, 5.41) is 0. The zero-order valence-corrected chi connectivity index (χ0v) is 30.2. The average Bonchev–Trinajstić information content (AvgIpc) is 3.57. The van der Waals surface area contributed by atoms with Crippen LogP contribution in [0.4, 0.5) is 0 Å². The van der Waals surface area contributed by atoms with Crippen LogP contribution in [0.1, 0.15) is 53.6 Å². The quantitative estimate of drug-likeness (QED) is 0.0943. The Labute approximate surface area is 305 Å². The van der Waals surface area contributed by atoms with Crippen molar-refractivity contribution >= 4 is 29.5 Å². The summed E-state index contributed by atoms with van der Waals surface area (Å²) >= 11 is 3.72. The second-order valence-corrected chi connectivity index (χ2v) is 16.5. The van der Waals surface area contributed by atoms with E-state index in [-0.39, 0.29) is 18.0 Å². The molecule has 1 aliphatic rings. The highest BCUT2D eigenvalue weighted by Gasteiger charge is 2.50. The molecular formula is C46H42O2S2. The SMILES string of the molecule is CC(C)(SC(c1ccccc1)(c1ccccc1)c1ccccc1)[C@@H]1C[C@H](CSC(c2ccccc2)(c2ccccc2)c2ccccc2)C(=O)O1. The summed E-state index contributed by atoms with van der Waals surface area (Å²) in [6.45, 7) is 4.49. The molecule has 0 spiro atoms. The number of thioether (sulfide) groups is 2. The molecule has 0 N–H and O–H groups in total. The van der Waals surface area contributed by atoms with Crippen LogP contribution in [-0.2, 0) is 19.0 Å². The molecule has 6 aromatic rings. The molecule has 0 saturated carbocycles. The van der Waals surface area contributed by atoms with Gasteiger partial charge in [0, 0.05) is 10.5 Å². The normalized spacial score (nSPS) is 16.6. The van der Waals surface area contributed by atoms with Crippen LogP contribution in [0.5, 0.6) is 0 Å². The van der Waals surface area contributed by atoms with Crippen molar-refractivity contribution in [2.45, 2.75) is 40.6 Å². The molecule has 1 fully saturated rings. The van der Waals surface area contributed by atoms with Crippen molar-refractivity contribution in [2.75, 3.05) is 5.75 Å². The van der Waals surface area contributed by atoms with Gasteiger partial charge in [-0.1, -0.05) is 182 Å². The van der Waals surface area contributed by atoms with Crippen LogP contribution in [-0.4, -0.2) is 22.6 Å². The zero-order valence-electron chi connectivity index (χ0n) is 28.5. The zero-order chi connectivity index (χ0) is 34.4. The lowest BCUT2D eigenvalue weighted by atomic mass is 9.84. The Morgan fingerprint density at radius 2 is 0.800 bits per heavy atom. The molecule has 1 heterocycles. The molecule has 250 valence electrons. The molecule has 1 saturated heterocycles. The molecule has 0 amide bonds. The molecule has 2 nitrogen and oxygen atoms in total. The van der Waals surface area contributed by atoms with E-state index >= 15 is 0 Å². The van der Waals surface area contributed by atoms with Crippen molar-refractivity contribution in [3.8, 4) is 0 Å². The van der Waals surface area contributed by atoms with Crippen molar-refractivity contribution in [1.82, 2.24) is 0 Å². The van der Waals surface area contributed by atoms with Crippen molar-refractivity contribution in [1.29, 1.82) is 0 Å². The lowest BCUT2D eigenvalue weighted by Crippen LogP contribution is -2.39. The van der Waals surface area contributed by atoms with Crippen LogP contribution in [0.2, 0.25) is 0 Å². The number of hydrogen-bond acceptors (Lipinski definition) is 4. The number of hydrogen-bond donors (Lipinski definition) is 0. The maximum atomic E-state index is 13.9. The fourth-order valence-electron chi connectivity index (χ4n) is 7.35. The predicted octanol–water partition coefficient (Wildman–Crippen LogP) is 11.1. The van der Waals surface area contributed by atoms with Gasteiger partial charge < -0.3 is 4.74 Å². The first-order valence-electron chi connectivity index (χ1n) is 17.3. The van der Waals surface area contributed by atoms with E-state index in [0.29, 0.717) is 12.2 Å². The summed E-state index contributed by atoms with van der Waals surface area (Å²) in [5.41, 5.74) is 7.18. The highest BCUT2D eigenvalue weighted by Crippen LogP contribution is 2.56. The molecule has 7 rings (SSSR count). The highest BCUT2D eigenvalue weighted by molar-refractivity contribution is 8.02. The highest BCUT2D eigenvalue weighted by atomic mass is 32.2. The van der Waals surface area contributed by atoms with E-state index in [2.05, 4.69) is 196 Å². The summed E-state index contributed by atoms with van der Waals surface area (Å²) in [6, 6.07) is 64.3. The Morgan fingerprint density at radius 3 is 1.12 bits per heavy atom. The van der Waals surface area contributed by atoms with Crippen LogP contribution in [0.15, 0.2) is 182 Å². The van der Waals surface area contributed by atoms with E-state index in [1.807, 2.05) is 23.5 Å². The van der Waals surface area contributed by atoms with Gasteiger partial charge >= 0.3 is 5.97 Å². The van der Waals surface area contributed by atoms with E-state index in [9.17, 15) is 4.79 Å². The minimum Gasteiger partial charge on any atom is -0.461 e. The lowest BCUT2D eigenvalue weighted by Gasteiger charge is -2.43. The van der Waals surface area contributed by atoms with E-state index in [0.717, 1.165) is 0 Å². The minimum atomic E-state index is -0.518. The Hall–Kier alpha value is -4.51. The number of rotatable bonds is 12. The first-order chi connectivity index (χ1) is 24.4. The molecular weight excluding hydrogens is 649 g/mol. The molecule has 2 atom stereocenters. The Morgan fingerprint density at radius 1 is 0.500 bits per heavy atom. The van der Waals surface area contributed by atoms with Crippen LogP contribution in [0, 0.1) is 5.92 Å². The van der Waals surface area contributed by atoms with Gasteiger partial charge in [-0.3, -0.25) is 4.79 Å². The monoisotopic (exact) mass is 690 g/mol. The summed E-state index contributed by atoms with van der Waals surface area (Å²) in [5.74, 6) is 0.291. The third kappa shape index (κ3) is 6.55. The van der Waals surface area contributed by atoms with Gasteiger partial charge in [-0.2, -0.15) is 0 Å². The second-order valence-electron chi connectivity index (χ2n) is 13.4. The number of esters is 1. The van der Waals surface area contributed by atoms with E-state index in [4.69, 9.17) is 4.74 Å². The number of carbonyl (C=O) groups excluding carboxylic acids is 1. The minimum absolute atomic E-state index is 0.107. The van der Waals surface area contributed by atoms with Crippen LogP contribution < -0.4 is 0 Å². The standard InChI is InChI=1S/C46H42O2S2/c1-44(2,50-46(39-27-15-6-16-28-39,40-29-17-7-18-30-40)41-31-19-8-20-32-41)42-33-35(43(47)48-42)34-49-45(36-21-9-3-10-22-36,37-23-11-4-12-24-37)38-25-13-5-14-26-38/h3-32,35,42H,33-34H2,1-2H3/t35-,42+/m1/s1. The van der Waals surface area contributed by atoms with Crippen LogP contribution in [0.25, 0.3) is 0 Å². The Balaban J connectivity index is 1.22. The van der Waals surface area contributed by atoms with Gasteiger partial charge in [-0.05, 0) is 53.6 Å². The van der Waals surface area contributed by atoms with Crippen molar-refractivity contribution in [2.24, 2.45) is 5.92 Å². The molecule has 4 heteroatoms. The number of cyclic esters (lactones) is 1. The fourth-order valence-corrected chi connectivity index (χ4v) is 10.8. The smallest absolute Gasteiger partial charge is 0.310 e. The molecule has 0 aromatic heterocycles. The first kappa shape index (κ1) is 34.0. The fraction of sp³-hybridized carbons (Fsp3) is 0.196. The van der Waals surface area contributed by atoms with Gasteiger partial charge in [-0.15, -0.1) is 23.5 Å². The first-order valence-corrected chi connectivity index (χ1v) is 19.1. The third-order valence-corrected chi connectivity index (χ3v) is 13.4. The van der Waals surface area contributed by atoms with E-state index in [1.54, 1.807) is 0 Å². The number of carbonyl (C=O) groups is 1. The topological polar surface area (TPSA) is 26.3 Å². The molecule has 0 bridgehead atoms. The third-order valence-electron chi connectivity index (χ3n) is 9.86. The van der Waals surface area contributed by atoms with E-state index < -0.39 is 14.2 Å². The molecule has 1 aliphatic heterocycles. The molecule has 0 unspecified atom stereocenters. The van der Waals surface area contributed by atoms with Crippen LogP contribution >= 0.6 is 23.5 Å². The molecule has 0 aliphatic carbocycles. The maximum Gasteiger partial charge on any atom is 0.310 e. The molecule has 50 heavy (non-hydrogen) atoms. The molecule has 6 aromatic carbocycles. The number of ether oxygens (including phenoxy) is 1. The lowest BCUT2D eigenvalue weighted by molar-refractivity contribution is -0.144.